The fraction of sp³-hybridized carbons (Fsp3) is 0.941. The number of guanidine groups is 1. The Hall–Kier alpha value is 0.270. The molecule has 0 atom stereocenters. The maximum absolute atomic E-state index is 5.52. The Morgan fingerprint density at radius 3 is 2.42 bits per heavy atom. The summed E-state index contributed by atoms with van der Waals surface area (Å²) >= 11 is 1.96. The second kappa shape index (κ2) is 11.1. The van der Waals surface area contributed by atoms with Crippen molar-refractivity contribution in [2.24, 2.45) is 4.99 Å². The Morgan fingerprint density at radius 2 is 1.92 bits per heavy atom. The van der Waals surface area contributed by atoms with Crippen LogP contribution < -0.4 is 10.6 Å². The lowest BCUT2D eigenvalue weighted by molar-refractivity contribution is 0.0782. The smallest absolute Gasteiger partial charge is 0.191 e. The highest BCUT2D eigenvalue weighted by Crippen LogP contribution is 2.32. The van der Waals surface area contributed by atoms with Crippen molar-refractivity contribution in [3.63, 3.8) is 0 Å². The predicted octanol–water partition coefficient (Wildman–Crippen LogP) is 2.55. The Balaban J connectivity index is 0.00000288. The third-order valence-corrected chi connectivity index (χ3v) is 6.66. The van der Waals surface area contributed by atoms with Crippen LogP contribution in [0.2, 0.25) is 0 Å². The van der Waals surface area contributed by atoms with Crippen molar-refractivity contribution in [3.05, 3.63) is 0 Å². The average molecular weight is 470 g/mol. The van der Waals surface area contributed by atoms with Crippen LogP contribution in [0.5, 0.6) is 0 Å². The molecule has 2 rings (SSSR count). The van der Waals surface area contributed by atoms with Crippen molar-refractivity contribution < 1.29 is 4.74 Å². The zero-order valence-electron chi connectivity index (χ0n) is 15.6. The first-order valence-corrected chi connectivity index (χ1v) is 10.2. The number of piperidine rings is 1. The van der Waals surface area contributed by atoms with Crippen LogP contribution >= 0.6 is 35.7 Å². The van der Waals surface area contributed by atoms with Gasteiger partial charge in [-0.25, -0.2) is 0 Å². The Labute approximate surface area is 169 Å². The summed E-state index contributed by atoms with van der Waals surface area (Å²) < 4.78 is 5.81. The zero-order chi connectivity index (χ0) is 16.7. The number of hydrogen-bond acceptors (Lipinski definition) is 4. The van der Waals surface area contributed by atoms with Gasteiger partial charge in [0.15, 0.2) is 5.96 Å². The molecule has 142 valence electrons. The van der Waals surface area contributed by atoms with Gasteiger partial charge in [0.1, 0.15) is 0 Å². The highest BCUT2D eigenvalue weighted by Gasteiger charge is 2.32. The third-order valence-electron chi connectivity index (χ3n) is 5.24. The summed E-state index contributed by atoms with van der Waals surface area (Å²) in [6.07, 6.45) is 6.83. The number of hydrogen-bond donors (Lipinski definition) is 2. The van der Waals surface area contributed by atoms with Gasteiger partial charge in [-0.3, -0.25) is 4.99 Å². The first-order valence-electron chi connectivity index (χ1n) is 8.93. The highest BCUT2D eigenvalue weighted by molar-refractivity contribution is 14.0. The van der Waals surface area contributed by atoms with Crippen LogP contribution in [0.15, 0.2) is 4.99 Å². The summed E-state index contributed by atoms with van der Waals surface area (Å²) in [5, 5.41) is 7.18. The van der Waals surface area contributed by atoms with E-state index in [9.17, 15) is 0 Å². The monoisotopic (exact) mass is 470 g/mol. The first kappa shape index (κ1) is 22.3. The number of halogens is 1. The summed E-state index contributed by atoms with van der Waals surface area (Å²) in [4.78, 5) is 6.98. The summed E-state index contributed by atoms with van der Waals surface area (Å²) in [7, 11) is 1.87. The maximum atomic E-state index is 5.52. The van der Waals surface area contributed by atoms with Gasteiger partial charge < -0.3 is 20.3 Å². The van der Waals surface area contributed by atoms with Crippen LogP contribution in [0, 0.1) is 0 Å². The van der Waals surface area contributed by atoms with Crippen LogP contribution in [-0.2, 0) is 4.74 Å². The van der Waals surface area contributed by atoms with Crippen molar-refractivity contribution in [1.29, 1.82) is 0 Å². The van der Waals surface area contributed by atoms with Crippen molar-refractivity contribution in [3.8, 4) is 0 Å². The quantitative estimate of drug-likeness (QED) is 0.368. The lowest BCUT2D eigenvalue weighted by Crippen LogP contribution is -2.52. The minimum absolute atomic E-state index is 0. The van der Waals surface area contributed by atoms with Crippen LogP contribution in [0.25, 0.3) is 0 Å². The number of thioether (sulfide) groups is 1. The molecule has 0 saturated carbocycles. The molecule has 2 aliphatic rings. The van der Waals surface area contributed by atoms with Gasteiger partial charge in [0, 0.05) is 56.7 Å². The van der Waals surface area contributed by atoms with Crippen molar-refractivity contribution in [1.82, 2.24) is 15.5 Å². The van der Waals surface area contributed by atoms with E-state index in [2.05, 4.69) is 40.6 Å². The molecule has 2 fully saturated rings. The van der Waals surface area contributed by atoms with Crippen LogP contribution in [0.3, 0.4) is 0 Å². The molecule has 24 heavy (non-hydrogen) atoms. The minimum atomic E-state index is 0. The van der Waals surface area contributed by atoms with Gasteiger partial charge >= 0.3 is 0 Å². The molecule has 0 bridgehead atoms. The topological polar surface area (TPSA) is 48.9 Å². The van der Waals surface area contributed by atoms with Gasteiger partial charge in [-0.05, 0) is 45.8 Å². The van der Waals surface area contributed by atoms with Crippen LogP contribution in [0.4, 0.5) is 0 Å². The van der Waals surface area contributed by atoms with E-state index in [4.69, 9.17) is 4.74 Å². The van der Waals surface area contributed by atoms with Crippen LogP contribution in [0.1, 0.15) is 39.5 Å². The average Bonchev–Trinajstić information content (AvgIpc) is 2.59. The lowest BCUT2D eigenvalue weighted by atomic mass is 9.99. The highest BCUT2D eigenvalue weighted by atomic mass is 127. The van der Waals surface area contributed by atoms with Crippen molar-refractivity contribution in [2.75, 3.05) is 46.2 Å². The Kier molecular flexibility index (Phi) is 10.3. The molecule has 2 saturated heterocycles. The van der Waals surface area contributed by atoms with Gasteiger partial charge in [0.25, 0.3) is 0 Å². The fourth-order valence-electron chi connectivity index (χ4n) is 3.39. The van der Waals surface area contributed by atoms with Gasteiger partial charge in [-0.2, -0.15) is 11.8 Å². The summed E-state index contributed by atoms with van der Waals surface area (Å²) in [5.74, 6) is 0.952. The second-order valence-electron chi connectivity index (χ2n) is 6.97. The second-order valence-corrected chi connectivity index (χ2v) is 8.25. The van der Waals surface area contributed by atoms with Gasteiger partial charge in [-0.1, -0.05) is 0 Å². The van der Waals surface area contributed by atoms with E-state index in [-0.39, 0.29) is 28.7 Å². The Morgan fingerprint density at radius 1 is 1.29 bits per heavy atom. The molecule has 0 radical (unpaired) electrons. The lowest BCUT2D eigenvalue weighted by Gasteiger charge is -2.37. The third kappa shape index (κ3) is 6.53. The molecule has 2 N–H and O–H groups in total. The van der Waals surface area contributed by atoms with E-state index < -0.39 is 0 Å². The molecule has 0 aromatic heterocycles. The van der Waals surface area contributed by atoms with Crippen LogP contribution in [-0.4, -0.2) is 73.8 Å². The van der Waals surface area contributed by atoms with E-state index in [0.29, 0.717) is 12.1 Å². The molecule has 0 aromatic carbocycles. The summed E-state index contributed by atoms with van der Waals surface area (Å²) in [6, 6.07) is 1.19. The number of rotatable bonds is 5. The number of likely N-dealkylation sites (tertiary alicyclic amines) is 1. The molecular weight excluding hydrogens is 435 g/mol. The number of aliphatic imine (C=N–C) groups is 1. The molecule has 0 amide bonds. The Bertz CT molecular complexity index is 381. The SMILES string of the molecule is CN=C(NCC1(SC)CCOCC1)NC1CCN(C(C)C)CC1.I. The molecule has 0 spiro atoms. The zero-order valence-corrected chi connectivity index (χ0v) is 18.8. The maximum Gasteiger partial charge on any atom is 0.191 e. The van der Waals surface area contributed by atoms with E-state index in [1.54, 1.807) is 0 Å². The van der Waals surface area contributed by atoms with Gasteiger partial charge in [0.2, 0.25) is 0 Å². The van der Waals surface area contributed by atoms with E-state index in [1.165, 1.54) is 25.9 Å². The van der Waals surface area contributed by atoms with E-state index >= 15 is 0 Å². The van der Waals surface area contributed by atoms with E-state index in [1.807, 2.05) is 18.8 Å². The molecule has 5 nitrogen and oxygen atoms in total. The first-order chi connectivity index (χ1) is 11.1. The molecule has 0 unspecified atom stereocenters. The summed E-state index contributed by atoms with van der Waals surface area (Å²) in [5.41, 5.74) is 0. The number of ether oxygens (including phenoxy) is 1. The number of nitrogens with zero attached hydrogens (tertiary/aromatic N) is 2. The standard InChI is InChI=1S/C17H34N4OS.HI/c1-14(2)21-9-5-15(6-10-21)20-16(18-3)19-13-17(23-4)7-11-22-12-8-17;/h14-15H,5-13H2,1-4H3,(H2,18,19,20);1H. The molecule has 0 aliphatic carbocycles. The molecule has 2 aliphatic heterocycles. The molecule has 0 aromatic rings. The molecular formula is C17H35IN4OS. The van der Waals surface area contributed by atoms with Gasteiger partial charge in [-0.15, -0.1) is 24.0 Å². The predicted molar refractivity (Wildman–Crippen MR) is 116 cm³/mol. The van der Waals surface area contributed by atoms with Crippen molar-refractivity contribution in [2.45, 2.75) is 56.4 Å². The molecule has 7 heteroatoms. The minimum Gasteiger partial charge on any atom is -0.381 e. The van der Waals surface area contributed by atoms with Gasteiger partial charge in [0.05, 0.1) is 0 Å². The normalized spacial score (nSPS) is 23.0. The summed E-state index contributed by atoms with van der Waals surface area (Å²) in [6.45, 7) is 9.64. The number of nitrogens with one attached hydrogen (secondary N) is 2. The largest absolute Gasteiger partial charge is 0.381 e. The molecule has 2 heterocycles. The van der Waals surface area contributed by atoms with E-state index in [0.717, 1.165) is 38.6 Å². The fourth-order valence-corrected chi connectivity index (χ4v) is 4.18. The van der Waals surface area contributed by atoms with Crippen molar-refractivity contribution >= 4 is 41.7 Å².